The molecule has 4 aromatic rings. The lowest BCUT2D eigenvalue weighted by molar-refractivity contribution is 0.0695. The maximum atomic E-state index is 13.4. The molecular formula is C31H30ClNO5S. The first-order chi connectivity index (χ1) is 18.7. The summed E-state index contributed by atoms with van der Waals surface area (Å²) in [5, 5.41) is 23.7. The second-order valence-corrected chi connectivity index (χ2v) is 11.6. The topological polar surface area (TPSA) is 104 Å². The number of carboxylic acid groups (broad SMARTS) is 1. The average molecular weight is 564 g/mol. The quantitative estimate of drug-likeness (QED) is 0.194. The van der Waals surface area contributed by atoms with Crippen LogP contribution in [0.1, 0.15) is 40.1 Å². The molecule has 202 valence electrons. The van der Waals surface area contributed by atoms with E-state index in [0.29, 0.717) is 47.6 Å². The number of hydrogen-bond donors (Lipinski definition) is 3. The molecule has 0 aliphatic heterocycles. The second kappa shape index (κ2) is 12.6. The molecule has 0 aromatic heterocycles. The minimum absolute atomic E-state index is 0.146. The number of hydrogen-bond acceptors (Lipinski definition) is 5. The lowest BCUT2D eigenvalue weighted by atomic mass is 9.94. The molecule has 1 unspecified atom stereocenters. The Labute approximate surface area is 233 Å². The fourth-order valence-electron chi connectivity index (χ4n) is 4.54. The summed E-state index contributed by atoms with van der Waals surface area (Å²) in [4.78, 5) is 12.0. The zero-order chi connectivity index (χ0) is 28.0. The number of aromatic carboxylic acids is 1. The molecule has 0 bridgehead atoms. The molecule has 1 atom stereocenters. The Hall–Kier alpha value is -3.49. The smallest absolute Gasteiger partial charge is 0.335 e. The van der Waals surface area contributed by atoms with Crippen LogP contribution in [0, 0.1) is 0 Å². The van der Waals surface area contributed by atoms with Gasteiger partial charge in [0.25, 0.3) is 0 Å². The molecule has 8 heteroatoms. The molecule has 0 spiro atoms. The Morgan fingerprint density at radius 1 is 0.923 bits per heavy atom. The second-order valence-electron chi connectivity index (χ2n) is 9.19. The van der Waals surface area contributed by atoms with Crippen LogP contribution < -0.4 is 5.32 Å². The molecule has 4 aromatic carbocycles. The molecule has 0 aliphatic carbocycles. The van der Waals surface area contributed by atoms with Crippen LogP contribution in [0.4, 0.5) is 0 Å². The summed E-state index contributed by atoms with van der Waals surface area (Å²) in [5.74, 6) is -1.01. The SMILES string of the molecule is CCc1c(C(=O)O)cccc1-c1cccc(S(=O)(=O)c2ccc(CCNCC(O)c3cccc(Cl)c3)cc2)c1. The van der Waals surface area contributed by atoms with E-state index < -0.39 is 21.9 Å². The van der Waals surface area contributed by atoms with Crippen molar-refractivity contribution < 1.29 is 23.4 Å². The molecule has 0 aliphatic rings. The van der Waals surface area contributed by atoms with Gasteiger partial charge in [0.2, 0.25) is 9.84 Å². The Kier molecular flexibility index (Phi) is 9.20. The standard InChI is InChI=1S/C31H30ClNO5S/c1-2-27-28(10-5-11-29(27)31(35)36)22-6-4-9-26(19-22)39(37,38)25-14-12-21(13-15-25)16-17-33-20-30(34)23-7-3-8-24(32)18-23/h3-15,18-19,30,33-34H,2,16-17,20H2,1H3,(H,35,36). The van der Waals surface area contributed by atoms with E-state index in [0.717, 1.165) is 11.1 Å². The van der Waals surface area contributed by atoms with Crippen LogP contribution in [0.15, 0.2) is 101 Å². The largest absolute Gasteiger partial charge is 0.478 e. The molecule has 0 saturated carbocycles. The molecule has 3 N–H and O–H groups in total. The summed E-state index contributed by atoms with van der Waals surface area (Å²) < 4.78 is 26.8. The number of carbonyl (C=O) groups is 1. The predicted molar refractivity (Wildman–Crippen MR) is 153 cm³/mol. The van der Waals surface area contributed by atoms with Crippen molar-refractivity contribution in [1.29, 1.82) is 0 Å². The van der Waals surface area contributed by atoms with Gasteiger partial charge < -0.3 is 15.5 Å². The highest BCUT2D eigenvalue weighted by atomic mass is 35.5. The van der Waals surface area contributed by atoms with Gasteiger partial charge in [-0.2, -0.15) is 0 Å². The van der Waals surface area contributed by atoms with E-state index in [-0.39, 0.29) is 15.4 Å². The van der Waals surface area contributed by atoms with Gasteiger partial charge in [0.15, 0.2) is 0 Å². The van der Waals surface area contributed by atoms with Crippen LogP contribution in [0.5, 0.6) is 0 Å². The van der Waals surface area contributed by atoms with Crippen molar-refractivity contribution >= 4 is 27.4 Å². The van der Waals surface area contributed by atoms with E-state index in [1.54, 1.807) is 78.9 Å². The number of rotatable bonds is 11. The van der Waals surface area contributed by atoms with Gasteiger partial charge in [-0.3, -0.25) is 0 Å². The molecule has 0 amide bonds. The first-order valence-corrected chi connectivity index (χ1v) is 14.5. The summed E-state index contributed by atoms with van der Waals surface area (Å²) in [7, 11) is -3.78. The Morgan fingerprint density at radius 3 is 2.33 bits per heavy atom. The van der Waals surface area contributed by atoms with Crippen LogP contribution in [-0.4, -0.2) is 37.7 Å². The van der Waals surface area contributed by atoms with Crippen molar-refractivity contribution in [2.45, 2.75) is 35.7 Å². The first-order valence-electron chi connectivity index (χ1n) is 12.6. The first kappa shape index (κ1) is 28.5. The zero-order valence-corrected chi connectivity index (χ0v) is 23.0. The van der Waals surface area contributed by atoms with Crippen molar-refractivity contribution in [2.75, 3.05) is 13.1 Å². The average Bonchev–Trinajstić information content (AvgIpc) is 2.95. The third-order valence-electron chi connectivity index (χ3n) is 6.61. The summed E-state index contributed by atoms with van der Waals surface area (Å²) in [6.45, 7) is 2.86. The lowest BCUT2D eigenvalue weighted by Crippen LogP contribution is -2.23. The van der Waals surface area contributed by atoms with Crippen LogP contribution in [0.2, 0.25) is 5.02 Å². The van der Waals surface area contributed by atoms with Crippen LogP contribution >= 0.6 is 11.6 Å². The zero-order valence-electron chi connectivity index (χ0n) is 21.5. The summed E-state index contributed by atoms with van der Waals surface area (Å²) in [6, 6.07) is 25.5. The molecule has 4 rings (SSSR count). The molecule has 0 fully saturated rings. The van der Waals surface area contributed by atoms with Gasteiger partial charge in [0.05, 0.1) is 21.5 Å². The van der Waals surface area contributed by atoms with E-state index >= 15 is 0 Å². The lowest BCUT2D eigenvalue weighted by Gasteiger charge is -2.13. The van der Waals surface area contributed by atoms with Gasteiger partial charge in [-0.05, 0) is 89.7 Å². The van der Waals surface area contributed by atoms with E-state index in [4.69, 9.17) is 11.6 Å². The molecule has 0 heterocycles. The van der Waals surface area contributed by atoms with Crippen LogP contribution in [0.25, 0.3) is 11.1 Å². The monoisotopic (exact) mass is 563 g/mol. The van der Waals surface area contributed by atoms with Crippen molar-refractivity contribution in [3.63, 3.8) is 0 Å². The minimum Gasteiger partial charge on any atom is -0.478 e. The van der Waals surface area contributed by atoms with Gasteiger partial charge in [0, 0.05) is 11.6 Å². The van der Waals surface area contributed by atoms with Crippen molar-refractivity contribution in [2.24, 2.45) is 0 Å². The number of halogens is 1. The van der Waals surface area contributed by atoms with Crippen LogP contribution in [-0.2, 0) is 22.7 Å². The fourth-order valence-corrected chi connectivity index (χ4v) is 6.05. The maximum Gasteiger partial charge on any atom is 0.335 e. The van der Waals surface area contributed by atoms with Gasteiger partial charge in [-0.15, -0.1) is 0 Å². The Balaban J connectivity index is 1.44. The van der Waals surface area contributed by atoms with E-state index in [9.17, 15) is 23.4 Å². The van der Waals surface area contributed by atoms with Crippen LogP contribution in [0.3, 0.4) is 0 Å². The molecule has 39 heavy (non-hydrogen) atoms. The number of sulfone groups is 1. The fraction of sp³-hybridized carbons (Fsp3) is 0.194. The third-order valence-corrected chi connectivity index (χ3v) is 8.61. The third kappa shape index (κ3) is 6.75. The highest BCUT2D eigenvalue weighted by Gasteiger charge is 2.20. The summed E-state index contributed by atoms with van der Waals surface area (Å²) in [5.41, 5.74) is 3.95. The molecular weight excluding hydrogens is 534 g/mol. The Bertz CT molecular complexity index is 1570. The van der Waals surface area contributed by atoms with E-state index in [2.05, 4.69) is 5.32 Å². The molecule has 0 radical (unpaired) electrons. The highest BCUT2D eigenvalue weighted by molar-refractivity contribution is 7.91. The summed E-state index contributed by atoms with van der Waals surface area (Å²) >= 11 is 5.98. The highest BCUT2D eigenvalue weighted by Crippen LogP contribution is 2.30. The van der Waals surface area contributed by atoms with Gasteiger partial charge in [-0.1, -0.05) is 67.1 Å². The number of carboxylic acids is 1. The van der Waals surface area contributed by atoms with E-state index in [1.165, 1.54) is 0 Å². The number of aliphatic hydroxyl groups excluding tert-OH is 1. The summed E-state index contributed by atoms with van der Waals surface area (Å²) in [6.07, 6.45) is 0.495. The number of aliphatic hydroxyl groups is 1. The van der Waals surface area contributed by atoms with Gasteiger partial charge in [0.1, 0.15) is 0 Å². The van der Waals surface area contributed by atoms with Crippen molar-refractivity contribution in [1.82, 2.24) is 5.32 Å². The maximum absolute atomic E-state index is 13.4. The van der Waals surface area contributed by atoms with Crippen molar-refractivity contribution in [3.05, 3.63) is 118 Å². The van der Waals surface area contributed by atoms with Gasteiger partial charge >= 0.3 is 5.97 Å². The molecule has 6 nitrogen and oxygen atoms in total. The van der Waals surface area contributed by atoms with Gasteiger partial charge in [-0.25, -0.2) is 13.2 Å². The minimum atomic E-state index is -3.78. The van der Waals surface area contributed by atoms with E-state index in [1.807, 2.05) is 19.1 Å². The predicted octanol–water partition coefficient (Wildman–Crippen LogP) is 5.97. The molecule has 0 saturated heterocycles. The van der Waals surface area contributed by atoms with Crippen molar-refractivity contribution in [3.8, 4) is 11.1 Å². The normalized spacial score (nSPS) is 12.3. The number of nitrogens with one attached hydrogen (secondary N) is 1. The Morgan fingerprint density at radius 2 is 1.64 bits per heavy atom. The number of benzene rings is 4.